The molecule has 0 fully saturated rings. The second-order valence-electron chi connectivity index (χ2n) is 3.94. The van der Waals surface area contributed by atoms with Gasteiger partial charge in [0.15, 0.2) is 0 Å². The minimum absolute atomic E-state index is 0.313. The first-order valence-corrected chi connectivity index (χ1v) is 5.45. The Balaban J connectivity index is 2.31. The third-order valence-electron chi connectivity index (χ3n) is 2.34. The van der Waals surface area contributed by atoms with Crippen LogP contribution >= 0.6 is 0 Å². The molecule has 0 aliphatic rings. The molecule has 0 bridgehead atoms. The van der Waals surface area contributed by atoms with Gasteiger partial charge in [-0.3, -0.25) is 4.98 Å². The molecule has 4 nitrogen and oxygen atoms in total. The summed E-state index contributed by atoms with van der Waals surface area (Å²) in [5.41, 5.74) is 8.54. The highest BCUT2D eigenvalue weighted by atomic mass is 16.5. The van der Waals surface area contributed by atoms with E-state index in [0.29, 0.717) is 18.1 Å². The number of nitrogens with two attached hydrogens (primary N) is 1. The van der Waals surface area contributed by atoms with Gasteiger partial charge in [-0.05, 0) is 37.1 Å². The smallest absolute Gasteiger partial charge is 0.242 e. The Labute approximate surface area is 100 Å². The highest BCUT2D eigenvalue weighted by molar-refractivity contribution is 5.36. The van der Waals surface area contributed by atoms with Crippen LogP contribution in [0.5, 0.6) is 11.6 Å². The molecule has 0 saturated carbocycles. The van der Waals surface area contributed by atoms with Crippen LogP contribution in [0.15, 0.2) is 30.6 Å². The molecule has 2 rings (SSSR count). The maximum absolute atomic E-state index is 5.71. The van der Waals surface area contributed by atoms with Crippen molar-refractivity contribution in [1.29, 1.82) is 0 Å². The van der Waals surface area contributed by atoms with Gasteiger partial charge in [0.25, 0.3) is 0 Å². The number of aryl methyl sites for hydroxylation is 2. The Kier molecular flexibility index (Phi) is 3.35. The van der Waals surface area contributed by atoms with Gasteiger partial charge in [0, 0.05) is 18.9 Å². The van der Waals surface area contributed by atoms with Crippen molar-refractivity contribution in [3.63, 3.8) is 0 Å². The van der Waals surface area contributed by atoms with Crippen molar-refractivity contribution < 1.29 is 4.74 Å². The van der Waals surface area contributed by atoms with Crippen LogP contribution in [0.2, 0.25) is 0 Å². The van der Waals surface area contributed by atoms with Gasteiger partial charge in [-0.1, -0.05) is 6.07 Å². The van der Waals surface area contributed by atoms with Crippen LogP contribution in [0.4, 0.5) is 0 Å². The molecule has 4 heteroatoms. The molecule has 0 amide bonds. The van der Waals surface area contributed by atoms with Gasteiger partial charge in [0.1, 0.15) is 11.4 Å². The van der Waals surface area contributed by atoms with E-state index in [1.165, 1.54) is 0 Å². The van der Waals surface area contributed by atoms with Crippen molar-refractivity contribution >= 4 is 0 Å². The number of rotatable bonds is 3. The van der Waals surface area contributed by atoms with Crippen LogP contribution in [-0.4, -0.2) is 9.97 Å². The zero-order valence-corrected chi connectivity index (χ0v) is 9.97. The Hall–Kier alpha value is -1.94. The Morgan fingerprint density at radius 3 is 2.35 bits per heavy atom. The first-order valence-electron chi connectivity index (χ1n) is 5.45. The van der Waals surface area contributed by atoms with E-state index in [0.717, 1.165) is 16.9 Å². The molecule has 0 atom stereocenters. The van der Waals surface area contributed by atoms with E-state index >= 15 is 0 Å². The summed E-state index contributed by atoms with van der Waals surface area (Å²) in [6, 6.07) is 6.01. The van der Waals surface area contributed by atoms with E-state index in [4.69, 9.17) is 10.5 Å². The summed E-state index contributed by atoms with van der Waals surface area (Å²) in [6.07, 6.45) is 3.20. The molecule has 0 unspecified atom stereocenters. The zero-order valence-electron chi connectivity index (χ0n) is 9.97. The Morgan fingerprint density at radius 1 is 1.06 bits per heavy atom. The highest BCUT2D eigenvalue weighted by Crippen LogP contribution is 2.23. The molecule has 0 saturated heterocycles. The number of hydrogen-bond acceptors (Lipinski definition) is 4. The summed E-state index contributed by atoms with van der Waals surface area (Å²) in [7, 11) is 0. The molecular weight excluding hydrogens is 214 g/mol. The van der Waals surface area contributed by atoms with Gasteiger partial charge >= 0.3 is 0 Å². The van der Waals surface area contributed by atoms with Crippen molar-refractivity contribution in [2.75, 3.05) is 0 Å². The van der Waals surface area contributed by atoms with Crippen molar-refractivity contribution in [1.82, 2.24) is 9.97 Å². The third kappa shape index (κ3) is 2.79. The predicted octanol–water partition coefficient (Wildman–Crippen LogP) is 2.34. The van der Waals surface area contributed by atoms with E-state index in [1.807, 2.05) is 26.0 Å². The van der Waals surface area contributed by atoms with Gasteiger partial charge in [0.2, 0.25) is 5.88 Å². The molecule has 0 spiro atoms. The summed E-state index contributed by atoms with van der Waals surface area (Å²) < 4.78 is 5.71. The summed E-state index contributed by atoms with van der Waals surface area (Å²) in [6.45, 7) is 4.37. The van der Waals surface area contributed by atoms with Crippen LogP contribution in [0.25, 0.3) is 0 Å². The summed E-state index contributed by atoms with van der Waals surface area (Å²) in [5, 5.41) is 0. The Bertz CT molecular complexity index is 506. The van der Waals surface area contributed by atoms with Crippen LogP contribution in [-0.2, 0) is 6.54 Å². The first-order chi connectivity index (χ1) is 8.19. The number of ether oxygens (including phenoxy) is 1. The quantitative estimate of drug-likeness (QED) is 0.877. The fraction of sp³-hybridized carbons (Fsp3) is 0.231. The van der Waals surface area contributed by atoms with Gasteiger partial charge < -0.3 is 10.5 Å². The fourth-order valence-electron chi connectivity index (χ4n) is 1.68. The topological polar surface area (TPSA) is 61.0 Å². The predicted molar refractivity (Wildman–Crippen MR) is 65.9 cm³/mol. The molecule has 88 valence electrons. The molecular formula is C13H15N3O. The van der Waals surface area contributed by atoms with Crippen LogP contribution in [0, 0.1) is 13.8 Å². The van der Waals surface area contributed by atoms with Crippen molar-refractivity contribution in [2.24, 2.45) is 5.73 Å². The maximum atomic E-state index is 5.71. The normalized spacial score (nSPS) is 10.3. The largest absolute Gasteiger partial charge is 0.437 e. The highest BCUT2D eigenvalue weighted by Gasteiger charge is 2.06. The lowest BCUT2D eigenvalue weighted by Crippen LogP contribution is -2.03. The second-order valence-corrected chi connectivity index (χ2v) is 3.94. The molecule has 2 N–H and O–H groups in total. The number of nitrogens with zero attached hydrogens (tertiary/aromatic N) is 2. The number of hydrogen-bond donors (Lipinski definition) is 1. The summed E-state index contributed by atoms with van der Waals surface area (Å²) >= 11 is 0. The van der Waals surface area contributed by atoms with Crippen molar-refractivity contribution in [3.8, 4) is 11.6 Å². The average molecular weight is 229 g/mol. The second kappa shape index (κ2) is 4.93. The van der Waals surface area contributed by atoms with Gasteiger partial charge in [-0.15, -0.1) is 0 Å². The SMILES string of the molecule is Cc1cc(C)cc(Oc2nccnc2CN)c1. The van der Waals surface area contributed by atoms with Crippen molar-refractivity contribution in [2.45, 2.75) is 20.4 Å². The summed E-state index contributed by atoms with van der Waals surface area (Å²) in [5.74, 6) is 1.23. The van der Waals surface area contributed by atoms with E-state index in [2.05, 4.69) is 16.0 Å². The summed E-state index contributed by atoms with van der Waals surface area (Å²) in [4.78, 5) is 8.27. The minimum Gasteiger partial charge on any atom is -0.437 e. The van der Waals surface area contributed by atoms with E-state index in [9.17, 15) is 0 Å². The van der Waals surface area contributed by atoms with Gasteiger partial charge in [-0.2, -0.15) is 0 Å². The standard InChI is InChI=1S/C13H15N3O/c1-9-5-10(2)7-11(6-9)17-13-12(8-14)15-3-4-16-13/h3-7H,8,14H2,1-2H3. The molecule has 0 aliphatic carbocycles. The van der Waals surface area contributed by atoms with Gasteiger partial charge in [-0.25, -0.2) is 4.98 Å². The molecule has 0 aliphatic heterocycles. The first kappa shape index (κ1) is 11.5. The molecule has 0 radical (unpaired) electrons. The zero-order chi connectivity index (χ0) is 12.3. The van der Waals surface area contributed by atoms with Crippen LogP contribution in [0.1, 0.15) is 16.8 Å². The van der Waals surface area contributed by atoms with Crippen LogP contribution < -0.4 is 10.5 Å². The fourth-order valence-corrected chi connectivity index (χ4v) is 1.68. The maximum Gasteiger partial charge on any atom is 0.242 e. The molecule has 1 aromatic heterocycles. The third-order valence-corrected chi connectivity index (χ3v) is 2.34. The number of benzene rings is 1. The molecule has 1 heterocycles. The van der Waals surface area contributed by atoms with Crippen LogP contribution in [0.3, 0.4) is 0 Å². The molecule has 1 aromatic carbocycles. The molecule has 17 heavy (non-hydrogen) atoms. The monoisotopic (exact) mass is 229 g/mol. The van der Waals surface area contributed by atoms with Gasteiger partial charge in [0.05, 0.1) is 0 Å². The van der Waals surface area contributed by atoms with E-state index < -0.39 is 0 Å². The lowest BCUT2D eigenvalue weighted by atomic mass is 10.1. The minimum atomic E-state index is 0.313. The number of aromatic nitrogens is 2. The molecule has 2 aromatic rings. The van der Waals surface area contributed by atoms with E-state index in [-0.39, 0.29) is 0 Å². The lowest BCUT2D eigenvalue weighted by molar-refractivity contribution is 0.451. The average Bonchev–Trinajstić information content (AvgIpc) is 2.28. The lowest BCUT2D eigenvalue weighted by Gasteiger charge is -2.09. The Morgan fingerprint density at radius 2 is 1.71 bits per heavy atom. The van der Waals surface area contributed by atoms with E-state index in [1.54, 1.807) is 12.4 Å². The van der Waals surface area contributed by atoms with Crippen molar-refractivity contribution in [3.05, 3.63) is 47.4 Å².